The summed E-state index contributed by atoms with van der Waals surface area (Å²) < 4.78 is 5.11. The lowest BCUT2D eigenvalue weighted by molar-refractivity contribution is -0.122. The predicted molar refractivity (Wildman–Crippen MR) is 102 cm³/mol. The Morgan fingerprint density at radius 2 is 1.54 bits per heavy atom. The average Bonchev–Trinajstić information content (AvgIpc) is 2.67. The van der Waals surface area contributed by atoms with Crippen LogP contribution in [0.1, 0.15) is 30.9 Å². The first-order valence-corrected chi connectivity index (χ1v) is 8.94. The van der Waals surface area contributed by atoms with Gasteiger partial charge in [0.25, 0.3) is 0 Å². The standard InChI is InChI=1S/C21H26N2O3/c1-17(23-21(25)26-16-19-13-6-3-7-14-19)20(24)22-15-9-8-12-18-10-4-2-5-11-18/h2-7,10-11,13-14,17H,8-9,12,15-16H2,1H3,(H,22,24)(H,23,25)/t17-/m0/s1. The number of unbranched alkanes of at least 4 members (excludes halogenated alkanes) is 1. The number of ether oxygens (including phenoxy) is 1. The number of amides is 2. The SMILES string of the molecule is C[C@H](NC(=O)OCc1ccccc1)C(=O)NCCCCc1ccccc1. The molecule has 2 rings (SSSR count). The smallest absolute Gasteiger partial charge is 0.408 e. The van der Waals surface area contributed by atoms with E-state index < -0.39 is 12.1 Å². The lowest BCUT2D eigenvalue weighted by Gasteiger charge is -2.14. The summed E-state index contributed by atoms with van der Waals surface area (Å²) in [7, 11) is 0. The minimum atomic E-state index is -0.632. The second-order valence-corrected chi connectivity index (χ2v) is 6.16. The molecular weight excluding hydrogens is 328 g/mol. The number of carbonyl (C=O) groups is 2. The van der Waals surface area contributed by atoms with Gasteiger partial charge in [0.2, 0.25) is 5.91 Å². The molecule has 0 aliphatic carbocycles. The molecule has 0 unspecified atom stereocenters. The normalized spacial score (nSPS) is 11.4. The Morgan fingerprint density at radius 1 is 0.923 bits per heavy atom. The van der Waals surface area contributed by atoms with Crippen molar-refractivity contribution >= 4 is 12.0 Å². The summed E-state index contributed by atoms with van der Waals surface area (Å²) in [5.74, 6) is -0.207. The van der Waals surface area contributed by atoms with Gasteiger partial charge in [0.05, 0.1) is 0 Å². The molecule has 0 heterocycles. The van der Waals surface area contributed by atoms with Crippen molar-refractivity contribution in [3.05, 3.63) is 71.8 Å². The number of alkyl carbamates (subject to hydrolysis) is 1. The molecule has 5 heteroatoms. The van der Waals surface area contributed by atoms with Crippen molar-refractivity contribution in [1.29, 1.82) is 0 Å². The first-order chi connectivity index (χ1) is 12.6. The van der Waals surface area contributed by atoms with Gasteiger partial charge in [0.15, 0.2) is 0 Å². The quantitative estimate of drug-likeness (QED) is 0.678. The van der Waals surface area contributed by atoms with Gasteiger partial charge in [-0.05, 0) is 37.3 Å². The van der Waals surface area contributed by atoms with Crippen LogP contribution < -0.4 is 10.6 Å². The van der Waals surface area contributed by atoms with Crippen molar-refractivity contribution in [2.45, 2.75) is 38.8 Å². The van der Waals surface area contributed by atoms with E-state index in [4.69, 9.17) is 4.74 Å². The highest BCUT2D eigenvalue weighted by Crippen LogP contribution is 2.04. The summed E-state index contributed by atoms with van der Waals surface area (Å²) >= 11 is 0. The van der Waals surface area contributed by atoms with Gasteiger partial charge in [0.1, 0.15) is 12.6 Å². The Morgan fingerprint density at radius 3 is 2.19 bits per heavy atom. The van der Waals surface area contributed by atoms with Gasteiger partial charge in [-0.2, -0.15) is 0 Å². The van der Waals surface area contributed by atoms with Gasteiger partial charge in [-0.25, -0.2) is 4.79 Å². The molecule has 26 heavy (non-hydrogen) atoms. The molecule has 0 spiro atoms. The molecule has 2 aromatic carbocycles. The average molecular weight is 354 g/mol. The number of benzene rings is 2. The highest BCUT2D eigenvalue weighted by Gasteiger charge is 2.15. The van der Waals surface area contributed by atoms with Gasteiger partial charge in [-0.15, -0.1) is 0 Å². The van der Waals surface area contributed by atoms with Crippen molar-refractivity contribution in [1.82, 2.24) is 10.6 Å². The summed E-state index contributed by atoms with van der Waals surface area (Å²) in [6.07, 6.45) is 2.30. The summed E-state index contributed by atoms with van der Waals surface area (Å²) in [5, 5.41) is 5.38. The number of hydrogen-bond acceptors (Lipinski definition) is 3. The fraction of sp³-hybridized carbons (Fsp3) is 0.333. The van der Waals surface area contributed by atoms with E-state index in [1.165, 1.54) is 5.56 Å². The summed E-state index contributed by atoms with van der Waals surface area (Å²) in [4.78, 5) is 23.8. The van der Waals surface area contributed by atoms with Crippen LogP contribution in [-0.4, -0.2) is 24.6 Å². The van der Waals surface area contributed by atoms with E-state index in [1.807, 2.05) is 48.5 Å². The van der Waals surface area contributed by atoms with Crippen molar-refractivity contribution in [3.63, 3.8) is 0 Å². The number of aryl methyl sites for hydroxylation is 1. The summed E-state index contributed by atoms with van der Waals surface area (Å²) in [6.45, 7) is 2.42. The molecule has 138 valence electrons. The van der Waals surface area contributed by atoms with Gasteiger partial charge in [0, 0.05) is 6.54 Å². The van der Waals surface area contributed by atoms with E-state index in [0.717, 1.165) is 24.8 Å². The largest absolute Gasteiger partial charge is 0.445 e. The molecule has 0 aromatic heterocycles. The molecule has 2 N–H and O–H groups in total. The fourth-order valence-electron chi connectivity index (χ4n) is 2.47. The minimum Gasteiger partial charge on any atom is -0.445 e. The third kappa shape index (κ3) is 7.38. The van der Waals surface area contributed by atoms with Crippen LogP contribution in [0.25, 0.3) is 0 Å². The van der Waals surface area contributed by atoms with Gasteiger partial charge >= 0.3 is 6.09 Å². The summed E-state index contributed by atoms with van der Waals surface area (Å²) in [5.41, 5.74) is 2.20. The Hall–Kier alpha value is -2.82. The number of carbonyl (C=O) groups excluding carboxylic acids is 2. The number of rotatable bonds is 9. The lowest BCUT2D eigenvalue weighted by Crippen LogP contribution is -2.45. The van der Waals surface area contributed by atoms with Crippen LogP contribution in [0.3, 0.4) is 0 Å². The van der Waals surface area contributed by atoms with Gasteiger partial charge < -0.3 is 15.4 Å². The van der Waals surface area contributed by atoms with E-state index in [-0.39, 0.29) is 12.5 Å². The molecule has 0 fully saturated rings. The highest BCUT2D eigenvalue weighted by atomic mass is 16.5. The third-order valence-corrected chi connectivity index (χ3v) is 3.97. The maximum atomic E-state index is 12.0. The monoisotopic (exact) mass is 354 g/mol. The van der Waals surface area contributed by atoms with Crippen molar-refractivity contribution in [2.24, 2.45) is 0 Å². The molecule has 0 bridgehead atoms. The molecule has 2 aromatic rings. The molecule has 0 saturated heterocycles. The van der Waals surface area contributed by atoms with Crippen LogP contribution in [0.2, 0.25) is 0 Å². The number of nitrogens with one attached hydrogen (secondary N) is 2. The molecule has 0 radical (unpaired) electrons. The van der Waals surface area contributed by atoms with E-state index in [0.29, 0.717) is 6.54 Å². The molecule has 0 aliphatic heterocycles. The molecule has 0 aliphatic rings. The fourth-order valence-corrected chi connectivity index (χ4v) is 2.47. The third-order valence-electron chi connectivity index (χ3n) is 3.97. The van der Waals surface area contributed by atoms with Crippen LogP contribution in [-0.2, 0) is 22.6 Å². The Balaban J connectivity index is 1.57. The Bertz CT molecular complexity index is 674. The molecule has 5 nitrogen and oxygen atoms in total. The van der Waals surface area contributed by atoms with Crippen LogP contribution in [0, 0.1) is 0 Å². The minimum absolute atomic E-state index is 0.181. The zero-order valence-electron chi connectivity index (χ0n) is 15.1. The molecule has 1 atom stereocenters. The maximum Gasteiger partial charge on any atom is 0.408 e. The van der Waals surface area contributed by atoms with Gasteiger partial charge in [-0.3, -0.25) is 4.79 Å². The lowest BCUT2D eigenvalue weighted by atomic mass is 10.1. The van der Waals surface area contributed by atoms with E-state index in [9.17, 15) is 9.59 Å². The Kier molecular flexibility index (Phi) is 8.19. The van der Waals surface area contributed by atoms with Crippen molar-refractivity contribution in [3.8, 4) is 0 Å². The highest BCUT2D eigenvalue weighted by molar-refractivity contribution is 5.85. The first kappa shape index (κ1) is 19.5. The van der Waals surface area contributed by atoms with E-state index in [1.54, 1.807) is 6.92 Å². The van der Waals surface area contributed by atoms with E-state index in [2.05, 4.69) is 22.8 Å². The predicted octanol–water partition coefficient (Wildman–Crippen LogP) is 3.44. The first-order valence-electron chi connectivity index (χ1n) is 8.94. The van der Waals surface area contributed by atoms with E-state index >= 15 is 0 Å². The second kappa shape index (κ2) is 10.9. The topological polar surface area (TPSA) is 67.4 Å². The zero-order valence-corrected chi connectivity index (χ0v) is 15.1. The maximum absolute atomic E-state index is 12.0. The van der Waals surface area contributed by atoms with Crippen LogP contribution in [0.15, 0.2) is 60.7 Å². The van der Waals surface area contributed by atoms with Crippen molar-refractivity contribution < 1.29 is 14.3 Å². The molecule has 0 saturated carbocycles. The second-order valence-electron chi connectivity index (χ2n) is 6.16. The molecule has 2 amide bonds. The summed E-state index contributed by atoms with van der Waals surface area (Å²) in [6, 6.07) is 19.0. The van der Waals surface area contributed by atoms with Crippen LogP contribution in [0.4, 0.5) is 4.79 Å². The molecular formula is C21H26N2O3. The zero-order chi connectivity index (χ0) is 18.6. The number of hydrogen-bond donors (Lipinski definition) is 2. The van der Waals surface area contributed by atoms with Crippen LogP contribution in [0.5, 0.6) is 0 Å². The van der Waals surface area contributed by atoms with Crippen molar-refractivity contribution in [2.75, 3.05) is 6.54 Å². The Labute approximate surface area is 154 Å². The van der Waals surface area contributed by atoms with Crippen LogP contribution >= 0.6 is 0 Å². The van der Waals surface area contributed by atoms with Gasteiger partial charge in [-0.1, -0.05) is 60.7 Å².